The fourth-order valence-electron chi connectivity index (χ4n) is 3.35. The molecular formula is C26H23FN4O5. The summed E-state index contributed by atoms with van der Waals surface area (Å²) < 4.78 is 25.4. The molecule has 0 amide bonds. The second-order valence-electron chi connectivity index (χ2n) is 7.67. The van der Waals surface area contributed by atoms with Crippen LogP contribution >= 0.6 is 0 Å². The Labute approximate surface area is 205 Å². The van der Waals surface area contributed by atoms with Crippen molar-refractivity contribution >= 4 is 17.5 Å². The van der Waals surface area contributed by atoms with Crippen LogP contribution < -0.4 is 26.1 Å². The third-order valence-electron chi connectivity index (χ3n) is 5.12. The fourth-order valence-corrected chi connectivity index (χ4v) is 3.35. The van der Waals surface area contributed by atoms with Crippen LogP contribution in [-0.4, -0.2) is 33.8 Å². The molecule has 0 fully saturated rings. The Bertz CT molecular complexity index is 1410. The first-order chi connectivity index (χ1) is 17.4. The van der Waals surface area contributed by atoms with Crippen LogP contribution in [0.4, 0.5) is 15.9 Å². The van der Waals surface area contributed by atoms with Gasteiger partial charge in [-0.25, -0.2) is 14.2 Å². The highest BCUT2D eigenvalue weighted by Crippen LogP contribution is 2.37. The molecule has 0 spiro atoms. The predicted molar refractivity (Wildman–Crippen MR) is 133 cm³/mol. The zero-order valence-electron chi connectivity index (χ0n) is 19.1. The first kappa shape index (κ1) is 24.3. The van der Waals surface area contributed by atoms with Gasteiger partial charge in [0.1, 0.15) is 17.1 Å². The van der Waals surface area contributed by atoms with Crippen LogP contribution in [0.3, 0.4) is 0 Å². The van der Waals surface area contributed by atoms with Crippen molar-refractivity contribution in [3.05, 3.63) is 101 Å². The molecule has 0 saturated carbocycles. The lowest BCUT2D eigenvalue weighted by Gasteiger charge is -2.12. The molecule has 0 saturated heterocycles. The highest BCUT2D eigenvalue weighted by Gasteiger charge is 2.16. The molecule has 3 heterocycles. The zero-order chi connectivity index (χ0) is 25.5. The van der Waals surface area contributed by atoms with Gasteiger partial charge in [0.15, 0.2) is 11.6 Å². The molecule has 0 unspecified atom stereocenters. The monoisotopic (exact) mass is 490 g/mol. The molecule has 1 aliphatic heterocycles. The Morgan fingerprint density at radius 2 is 1.86 bits per heavy atom. The number of aromatic nitrogens is 2. The predicted octanol–water partition coefficient (Wildman–Crippen LogP) is 4.33. The highest BCUT2D eigenvalue weighted by atomic mass is 19.1. The summed E-state index contributed by atoms with van der Waals surface area (Å²) in [6.45, 7) is 1.51. The van der Waals surface area contributed by atoms with Gasteiger partial charge < -0.3 is 25.6 Å². The van der Waals surface area contributed by atoms with Crippen molar-refractivity contribution < 1.29 is 23.8 Å². The summed E-state index contributed by atoms with van der Waals surface area (Å²) in [7, 11) is 0. The fraction of sp³-hybridized carbons (Fsp3) is 0.115. The first-order valence-corrected chi connectivity index (χ1v) is 11.0. The van der Waals surface area contributed by atoms with E-state index < -0.39 is 17.3 Å². The highest BCUT2D eigenvalue weighted by molar-refractivity contribution is 5.87. The third-order valence-corrected chi connectivity index (χ3v) is 5.12. The van der Waals surface area contributed by atoms with Crippen LogP contribution in [0.5, 0.6) is 17.2 Å². The van der Waals surface area contributed by atoms with Crippen LogP contribution in [0.1, 0.15) is 16.8 Å². The molecule has 36 heavy (non-hydrogen) atoms. The van der Waals surface area contributed by atoms with Crippen LogP contribution in [0.25, 0.3) is 5.69 Å². The topological polar surface area (TPSA) is 129 Å². The van der Waals surface area contributed by atoms with Gasteiger partial charge in [-0.3, -0.25) is 9.36 Å². The number of carboxylic acids is 1. The second kappa shape index (κ2) is 11.0. The minimum absolute atomic E-state index is 0.322. The number of ether oxygens (including phenoxy) is 2. The Kier molecular flexibility index (Phi) is 7.45. The van der Waals surface area contributed by atoms with Gasteiger partial charge in [0.2, 0.25) is 5.75 Å². The molecule has 9 nitrogen and oxygen atoms in total. The van der Waals surface area contributed by atoms with E-state index >= 15 is 0 Å². The molecule has 0 radical (unpaired) electrons. The number of carboxylic acid groups (broad SMARTS) is 1. The summed E-state index contributed by atoms with van der Waals surface area (Å²) in [6, 6.07) is 16.9. The molecule has 1 aliphatic rings. The standard InChI is InChI=1S/C14H15N3O2.C12H8FNO3/c15-10-2-4-11(5-3-10)19-12-6-8-17-14-13(12)18-9-1-7-16-14;13-8-3-5-9(6-4-8)14-7-1-2-10(11(14)15)12(16)17/h2-6,8H,1,7,9,15H2,(H,16,17);1-7H,(H,16,17). The average Bonchev–Trinajstić information content (AvgIpc) is 3.13. The van der Waals surface area contributed by atoms with Gasteiger partial charge in [0, 0.05) is 36.4 Å². The number of benzene rings is 2. The van der Waals surface area contributed by atoms with Crippen molar-refractivity contribution in [1.29, 1.82) is 0 Å². The van der Waals surface area contributed by atoms with Crippen molar-refractivity contribution in [2.75, 3.05) is 24.2 Å². The van der Waals surface area contributed by atoms with Crippen molar-refractivity contribution in [3.8, 4) is 22.9 Å². The maximum Gasteiger partial charge on any atom is 0.341 e. The number of carbonyl (C=O) groups is 1. The van der Waals surface area contributed by atoms with E-state index in [1.165, 1.54) is 42.6 Å². The van der Waals surface area contributed by atoms with Gasteiger partial charge in [-0.05, 0) is 67.1 Å². The SMILES string of the molecule is Nc1ccc(Oc2ccnc3c2OCCCN3)cc1.O=C(O)c1cccn(-c2ccc(F)cc2)c1=O. The number of halogens is 1. The number of hydrogen-bond donors (Lipinski definition) is 3. The molecule has 0 aliphatic carbocycles. The number of nitrogen functional groups attached to an aromatic ring is 1. The normalized spacial score (nSPS) is 12.0. The number of nitrogens with zero attached hydrogens (tertiary/aromatic N) is 2. The van der Waals surface area contributed by atoms with Gasteiger partial charge in [-0.1, -0.05) is 0 Å². The van der Waals surface area contributed by atoms with E-state index in [1.54, 1.807) is 24.4 Å². The average molecular weight is 490 g/mol. The number of pyridine rings is 2. The summed E-state index contributed by atoms with van der Waals surface area (Å²) in [4.78, 5) is 26.8. The van der Waals surface area contributed by atoms with E-state index in [1.807, 2.05) is 12.1 Å². The lowest BCUT2D eigenvalue weighted by atomic mass is 10.2. The Hall–Kier alpha value is -4.86. The molecule has 10 heteroatoms. The van der Waals surface area contributed by atoms with Crippen LogP contribution in [0, 0.1) is 5.82 Å². The van der Waals surface area contributed by atoms with E-state index in [0.717, 1.165) is 29.1 Å². The molecule has 2 aromatic carbocycles. The van der Waals surface area contributed by atoms with Crippen molar-refractivity contribution in [1.82, 2.24) is 9.55 Å². The Morgan fingerprint density at radius 3 is 2.58 bits per heavy atom. The Balaban J connectivity index is 0.000000170. The summed E-state index contributed by atoms with van der Waals surface area (Å²) in [6.07, 6.45) is 4.08. The molecule has 2 aromatic heterocycles. The van der Waals surface area contributed by atoms with Crippen LogP contribution in [0.2, 0.25) is 0 Å². The van der Waals surface area contributed by atoms with Gasteiger partial charge >= 0.3 is 5.97 Å². The van der Waals surface area contributed by atoms with E-state index in [-0.39, 0.29) is 5.56 Å². The van der Waals surface area contributed by atoms with Crippen molar-refractivity contribution in [2.45, 2.75) is 6.42 Å². The van der Waals surface area contributed by atoms with Crippen LogP contribution in [-0.2, 0) is 0 Å². The van der Waals surface area contributed by atoms with Gasteiger partial charge in [0.05, 0.1) is 6.61 Å². The first-order valence-electron chi connectivity index (χ1n) is 11.0. The number of nitrogens with one attached hydrogen (secondary N) is 1. The number of fused-ring (bicyclic) bond motifs is 1. The lowest BCUT2D eigenvalue weighted by molar-refractivity contribution is 0.0694. The number of hydrogen-bond acceptors (Lipinski definition) is 7. The number of rotatable bonds is 4. The third kappa shape index (κ3) is 5.79. The molecule has 184 valence electrons. The minimum atomic E-state index is -1.29. The smallest absolute Gasteiger partial charge is 0.341 e. The maximum atomic E-state index is 12.7. The van der Waals surface area contributed by atoms with Crippen LogP contribution in [0.15, 0.2) is 83.9 Å². The number of aromatic carboxylic acids is 1. The van der Waals surface area contributed by atoms with E-state index in [2.05, 4.69) is 10.3 Å². The summed E-state index contributed by atoms with van der Waals surface area (Å²) in [5, 5.41) is 12.0. The van der Waals surface area contributed by atoms with E-state index in [4.69, 9.17) is 20.3 Å². The molecule has 4 N–H and O–H groups in total. The quantitative estimate of drug-likeness (QED) is 0.361. The molecule has 5 rings (SSSR count). The number of anilines is 2. The van der Waals surface area contributed by atoms with Gasteiger partial charge in [-0.15, -0.1) is 0 Å². The lowest BCUT2D eigenvalue weighted by Crippen LogP contribution is -2.24. The van der Waals surface area contributed by atoms with Crippen molar-refractivity contribution in [2.24, 2.45) is 0 Å². The molecule has 0 atom stereocenters. The largest absolute Gasteiger partial charge is 0.486 e. The second-order valence-corrected chi connectivity index (χ2v) is 7.67. The maximum absolute atomic E-state index is 12.7. The molecule has 0 bridgehead atoms. The molecular weight excluding hydrogens is 467 g/mol. The summed E-state index contributed by atoms with van der Waals surface area (Å²) in [5.41, 5.74) is 5.81. The number of nitrogens with two attached hydrogens (primary N) is 1. The van der Waals surface area contributed by atoms with E-state index in [0.29, 0.717) is 29.5 Å². The van der Waals surface area contributed by atoms with E-state index in [9.17, 15) is 14.0 Å². The minimum Gasteiger partial charge on any atom is -0.486 e. The van der Waals surface area contributed by atoms with Crippen molar-refractivity contribution in [3.63, 3.8) is 0 Å². The van der Waals surface area contributed by atoms with Gasteiger partial charge in [-0.2, -0.15) is 0 Å². The summed E-state index contributed by atoms with van der Waals surface area (Å²) in [5.74, 6) is 1.06. The zero-order valence-corrected chi connectivity index (χ0v) is 19.1. The van der Waals surface area contributed by atoms with Gasteiger partial charge in [0.25, 0.3) is 5.56 Å². The summed E-state index contributed by atoms with van der Waals surface area (Å²) >= 11 is 0. The molecule has 4 aromatic rings. The Morgan fingerprint density at radius 1 is 1.11 bits per heavy atom.